The number of amides is 1. The molecule has 2 rings (SSSR count). The number of carbonyl (C=O) groups is 1. The summed E-state index contributed by atoms with van der Waals surface area (Å²) < 4.78 is 0. The second-order valence-electron chi connectivity index (χ2n) is 3.38. The zero-order valence-electron chi connectivity index (χ0n) is 8.98. The van der Waals surface area contributed by atoms with Crippen LogP contribution in [0, 0.1) is 13.8 Å². The number of carbonyl (C=O) groups excluding carboxylic acids is 1. The van der Waals surface area contributed by atoms with Gasteiger partial charge in [-0.15, -0.1) is 22.7 Å². The van der Waals surface area contributed by atoms with Gasteiger partial charge in [-0.25, -0.2) is 9.97 Å². The number of hydrogen-bond donors (Lipinski definition) is 1. The molecule has 0 spiro atoms. The van der Waals surface area contributed by atoms with Gasteiger partial charge in [0, 0.05) is 10.3 Å². The number of nitrogens with zero attached hydrogens (tertiary/aromatic N) is 2. The fourth-order valence-electron chi connectivity index (χ4n) is 1.22. The highest BCUT2D eigenvalue weighted by Crippen LogP contribution is 2.16. The van der Waals surface area contributed by atoms with Gasteiger partial charge in [-0.1, -0.05) is 0 Å². The number of rotatable bonds is 3. The molecule has 0 unspecified atom stereocenters. The molecule has 84 valence electrons. The zero-order valence-corrected chi connectivity index (χ0v) is 10.6. The average molecular weight is 253 g/mol. The Kier molecular flexibility index (Phi) is 3.31. The van der Waals surface area contributed by atoms with Gasteiger partial charge in [0.15, 0.2) is 5.13 Å². The molecule has 0 saturated carbocycles. The van der Waals surface area contributed by atoms with E-state index in [4.69, 9.17) is 0 Å². The standard InChI is InChI=1S/C10H11N3OS2/c1-6-4-15-10(12-6)13-9(14)3-8-7(2)11-5-16-8/h4-5H,3H2,1-2H3,(H,12,13,14). The first kappa shape index (κ1) is 11.2. The molecule has 2 aromatic heterocycles. The van der Waals surface area contributed by atoms with Crippen molar-refractivity contribution in [3.63, 3.8) is 0 Å². The van der Waals surface area contributed by atoms with Crippen LogP contribution < -0.4 is 5.32 Å². The van der Waals surface area contributed by atoms with E-state index < -0.39 is 0 Å². The zero-order chi connectivity index (χ0) is 11.5. The van der Waals surface area contributed by atoms with Crippen LogP contribution in [0.25, 0.3) is 0 Å². The third kappa shape index (κ3) is 2.65. The van der Waals surface area contributed by atoms with Gasteiger partial charge in [0.1, 0.15) is 0 Å². The monoisotopic (exact) mass is 253 g/mol. The first-order valence-electron chi connectivity index (χ1n) is 4.76. The molecule has 0 aliphatic rings. The number of aryl methyl sites for hydroxylation is 2. The van der Waals surface area contributed by atoms with Gasteiger partial charge in [-0.2, -0.15) is 0 Å². The molecule has 0 aliphatic heterocycles. The lowest BCUT2D eigenvalue weighted by Gasteiger charge is -1.99. The third-order valence-electron chi connectivity index (χ3n) is 2.03. The van der Waals surface area contributed by atoms with Crippen molar-refractivity contribution >= 4 is 33.7 Å². The van der Waals surface area contributed by atoms with Gasteiger partial charge >= 0.3 is 0 Å². The van der Waals surface area contributed by atoms with Gasteiger partial charge in [0.2, 0.25) is 5.91 Å². The van der Waals surface area contributed by atoms with Crippen LogP contribution in [0.1, 0.15) is 16.3 Å². The van der Waals surface area contributed by atoms with E-state index in [0.717, 1.165) is 16.3 Å². The maximum absolute atomic E-state index is 11.7. The fourth-order valence-corrected chi connectivity index (χ4v) is 2.70. The maximum atomic E-state index is 11.7. The molecule has 0 radical (unpaired) electrons. The van der Waals surface area contributed by atoms with Crippen LogP contribution in [0.4, 0.5) is 5.13 Å². The van der Waals surface area contributed by atoms with E-state index in [1.54, 1.807) is 5.51 Å². The number of thiazole rings is 2. The van der Waals surface area contributed by atoms with Crippen LogP contribution in [0.15, 0.2) is 10.9 Å². The molecule has 1 amide bonds. The van der Waals surface area contributed by atoms with Crippen molar-refractivity contribution in [2.75, 3.05) is 5.32 Å². The minimum Gasteiger partial charge on any atom is -0.302 e. The maximum Gasteiger partial charge on any atom is 0.231 e. The molecule has 2 heterocycles. The van der Waals surface area contributed by atoms with E-state index in [2.05, 4.69) is 15.3 Å². The Morgan fingerprint density at radius 1 is 1.44 bits per heavy atom. The van der Waals surface area contributed by atoms with Crippen LogP contribution in [-0.2, 0) is 11.2 Å². The predicted octanol–water partition coefficient (Wildman–Crippen LogP) is 2.40. The van der Waals surface area contributed by atoms with Crippen LogP contribution in [0.3, 0.4) is 0 Å². The SMILES string of the molecule is Cc1csc(NC(=O)Cc2scnc2C)n1. The average Bonchev–Trinajstić information content (AvgIpc) is 2.77. The van der Waals surface area contributed by atoms with E-state index in [-0.39, 0.29) is 5.91 Å². The van der Waals surface area contributed by atoms with Gasteiger partial charge in [0.05, 0.1) is 23.3 Å². The first-order valence-corrected chi connectivity index (χ1v) is 6.52. The summed E-state index contributed by atoms with van der Waals surface area (Å²) >= 11 is 2.94. The van der Waals surface area contributed by atoms with Crippen molar-refractivity contribution < 1.29 is 4.79 Å². The number of hydrogen-bond acceptors (Lipinski definition) is 5. The van der Waals surface area contributed by atoms with Crippen molar-refractivity contribution in [3.05, 3.63) is 27.2 Å². The van der Waals surface area contributed by atoms with E-state index >= 15 is 0 Å². The highest BCUT2D eigenvalue weighted by atomic mass is 32.1. The van der Waals surface area contributed by atoms with Crippen molar-refractivity contribution in [2.24, 2.45) is 0 Å². The van der Waals surface area contributed by atoms with Crippen LogP contribution >= 0.6 is 22.7 Å². The normalized spacial score (nSPS) is 10.4. The number of nitrogens with one attached hydrogen (secondary N) is 1. The Hall–Kier alpha value is -1.27. The molecule has 0 aromatic carbocycles. The second kappa shape index (κ2) is 4.71. The highest BCUT2D eigenvalue weighted by molar-refractivity contribution is 7.14. The van der Waals surface area contributed by atoms with E-state index in [9.17, 15) is 4.79 Å². The Morgan fingerprint density at radius 3 is 2.81 bits per heavy atom. The lowest BCUT2D eigenvalue weighted by molar-refractivity contribution is -0.115. The molecule has 1 N–H and O–H groups in total. The molecular formula is C10H11N3OS2. The molecule has 6 heteroatoms. The Labute approximate surface area is 101 Å². The van der Waals surface area contributed by atoms with Crippen molar-refractivity contribution in [2.45, 2.75) is 20.3 Å². The topological polar surface area (TPSA) is 54.9 Å². The summed E-state index contributed by atoms with van der Waals surface area (Å²) in [4.78, 5) is 21.0. The van der Waals surface area contributed by atoms with E-state index in [1.807, 2.05) is 19.2 Å². The summed E-state index contributed by atoms with van der Waals surface area (Å²) in [5.74, 6) is -0.0401. The van der Waals surface area contributed by atoms with E-state index in [1.165, 1.54) is 22.7 Å². The molecule has 0 aliphatic carbocycles. The lowest BCUT2D eigenvalue weighted by atomic mass is 10.3. The summed E-state index contributed by atoms with van der Waals surface area (Å²) in [5, 5.41) is 5.34. The molecule has 16 heavy (non-hydrogen) atoms. The smallest absolute Gasteiger partial charge is 0.231 e. The van der Waals surface area contributed by atoms with Crippen molar-refractivity contribution in [1.82, 2.24) is 9.97 Å². The van der Waals surface area contributed by atoms with E-state index in [0.29, 0.717) is 11.6 Å². The first-order chi connectivity index (χ1) is 7.65. The Balaban J connectivity index is 1.97. The molecule has 0 bridgehead atoms. The third-order valence-corrected chi connectivity index (χ3v) is 3.84. The summed E-state index contributed by atoms with van der Waals surface area (Å²) in [7, 11) is 0. The summed E-state index contributed by atoms with van der Waals surface area (Å²) in [6.45, 7) is 3.81. The molecule has 0 atom stereocenters. The lowest BCUT2D eigenvalue weighted by Crippen LogP contribution is -2.14. The van der Waals surface area contributed by atoms with Gasteiger partial charge < -0.3 is 5.32 Å². The summed E-state index contributed by atoms with van der Waals surface area (Å²) in [6, 6.07) is 0. The van der Waals surface area contributed by atoms with Crippen LogP contribution in [0.5, 0.6) is 0 Å². The molecular weight excluding hydrogens is 242 g/mol. The van der Waals surface area contributed by atoms with Crippen LogP contribution in [-0.4, -0.2) is 15.9 Å². The van der Waals surface area contributed by atoms with Crippen molar-refractivity contribution in [3.8, 4) is 0 Å². The molecule has 4 nitrogen and oxygen atoms in total. The Bertz CT molecular complexity index is 504. The largest absolute Gasteiger partial charge is 0.302 e. The molecule has 0 saturated heterocycles. The quantitative estimate of drug-likeness (QED) is 0.913. The second-order valence-corrected chi connectivity index (χ2v) is 5.18. The van der Waals surface area contributed by atoms with Crippen LogP contribution in [0.2, 0.25) is 0 Å². The summed E-state index contributed by atoms with van der Waals surface area (Å²) in [5.41, 5.74) is 3.61. The van der Waals surface area contributed by atoms with Gasteiger partial charge in [-0.3, -0.25) is 4.79 Å². The minimum absolute atomic E-state index is 0.0401. The molecule has 0 fully saturated rings. The summed E-state index contributed by atoms with van der Waals surface area (Å²) in [6.07, 6.45) is 0.370. The number of anilines is 1. The highest BCUT2D eigenvalue weighted by Gasteiger charge is 2.09. The molecule has 2 aromatic rings. The predicted molar refractivity (Wildman–Crippen MR) is 66.0 cm³/mol. The minimum atomic E-state index is -0.0401. The Morgan fingerprint density at radius 2 is 2.25 bits per heavy atom. The number of aromatic nitrogens is 2. The fraction of sp³-hybridized carbons (Fsp3) is 0.300. The van der Waals surface area contributed by atoms with Gasteiger partial charge in [0.25, 0.3) is 0 Å². The van der Waals surface area contributed by atoms with Crippen molar-refractivity contribution in [1.29, 1.82) is 0 Å². The van der Waals surface area contributed by atoms with Gasteiger partial charge in [-0.05, 0) is 13.8 Å².